The molecule has 0 aliphatic carbocycles. The second-order valence-electron chi connectivity index (χ2n) is 6.12. The number of H-pyrrole nitrogens is 1. The van der Waals surface area contributed by atoms with Gasteiger partial charge in [0.1, 0.15) is 10.9 Å². The van der Waals surface area contributed by atoms with E-state index in [9.17, 15) is 22.8 Å². The van der Waals surface area contributed by atoms with Crippen molar-refractivity contribution >= 4 is 45.4 Å². The highest BCUT2D eigenvalue weighted by Gasteiger charge is 2.34. The summed E-state index contributed by atoms with van der Waals surface area (Å²) in [4.78, 5) is 29.9. The molecule has 2 N–H and O–H groups in total. The number of aromatic amines is 1. The van der Waals surface area contributed by atoms with Crippen molar-refractivity contribution in [3.8, 4) is 0 Å². The Morgan fingerprint density at radius 3 is 2.68 bits per heavy atom. The third-order valence-electron chi connectivity index (χ3n) is 4.28. The number of amides is 1. The molecule has 1 aromatic carbocycles. The number of benzene rings is 1. The molecule has 0 bridgehead atoms. The second kappa shape index (κ2) is 7.51. The van der Waals surface area contributed by atoms with Gasteiger partial charge in [0.15, 0.2) is 4.77 Å². The minimum Gasteiger partial charge on any atom is -0.324 e. The van der Waals surface area contributed by atoms with Crippen LogP contribution in [0.3, 0.4) is 0 Å². The fourth-order valence-electron chi connectivity index (χ4n) is 2.79. The van der Waals surface area contributed by atoms with E-state index in [-0.39, 0.29) is 10.5 Å². The Bertz CT molecular complexity index is 1160. The van der Waals surface area contributed by atoms with Crippen LogP contribution in [0.2, 0.25) is 0 Å². The van der Waals surface area contributed by atoms with Gasteiger partial charge in [0.05, 0.1) is 16.6 Å². The number of alkyl halides is 3. The van der Waals surface area contributed by atoms with Crippen molar-refractivity contribution in [2.24, 2.45) is 0 Å². The summed E-state index contributed by atoms with van der Waals surface area (Å²) >= 11 is 6.61. The molecule has 5 nitrogen and oxygen atoms in total. The van der Waals surface area contributed by atoms with Crippen LogP contribution in [0.25, 0.3) is 10.2 Å². The molecule has 28 heavy (non-hydrogen) atoms. The molecule has 1 amide bonds. The summed E-state index contributed by atoms with van der Waals surface area (Å²) in [6.45, 7) is 3.36. The van der Waals surface area contributed by atoms with E-state index >= 15 is 0 Å². The van der Waals surface area contributed by atoms with Crippen molar-refractivity contribution in [2.45, 2.75) is 32.5 Å². The second-order valence-corrected chi connectivity index (χ2v) is 7.65. The van der Waals surface area contributed by atoms with Gasteiger partial charge >= 0.3 is 6.18 Å². The lowest BCUT2D eigenvalue weighted by Crippen LogP contribution is -2.33. The first-order chi connectivity index (χ1) is 13.1. The van der Waals surface area contributed by atoms with Crippen LogP contribution in [0.5, 0.6) is 0 Å². The van der Waals surface area contributed by atoms with Gasteiger partial charge in [0.25, 0.3) is 5.56 Å². The average Bonchev–Trinajstić information content (AvgIpc) is 3.04. The number of halogens is 3. The molecule has 1 unspecified atom stereocenters. The SMILES string of the molecule is CCc1cc2c(=O)n(C(C)C(=O)Nc3ccccc3C(F)(F)F)c(=S)[nH]c2s1. The number of para-hydroxylation sites is 1. The smallest absolute Gasteiger partial charge is 0.324 e. The van der Waals surface area contributed by atoms with Gasteiger partial charge < -0.3 is 10.3 Å². The van der Waals surface area contributed by atoms with Crippen LogP contribution in [0.4, 0.5) is 18.9 Å². The summed E-state index contributed by atoms with van der Waals surface area (Å²) in [6, 6.07) is 5.28. The molecule has 0 aliphatic rings. The van der Waals surface area contributed by atoms with Crippen LogP contribution in [-0.2, 0) is 17.4 Å². The molecule has 2 aromatic heterocycles. The number of aromatic nitrogens is 2. The Kier molecular flexibility index (Phi) is 5.44. The molecule has 3 aromatic rings. The lowest BCUT2D eigenvalue weighted by Gasteiger charge is -2.18. The summed E-state index contributed by atoms with van der Waals surface area (Å²) in [6.07, 6.45) is -3.88. The molecule has 1 atom stereocenters. The number of hydrogen-bond donors (Lipinski definition) is 2. The third-order valence-corrected chi connectivity index (χ3v) is 5.77. The van der Waals surface area contributed by atoms with Crippen LogP contribution in [0, 0.1) is 4.77 Å². The predicted octanol–water partition coefficient (Wildman–Crippen LogP) is 4.90. The largest absolute Gasteiger partial charge is 0.418 e. The number of thiophene rings is 1. The Morgan fingerprint density at radius 2 is 2.04 bits per heavy atom. The molecule has 148 valence electrons. The van der Waals surface area contributed by atoms with Gasteiger partial charge in [-0.3, -0.25) is 14.2 Å². The molecule has 0 saturated carbocycles. The monoisotopic (exact) mass is 427 g/mol. The number of rotatable bonds is 4. The molecule has 0 radical (unpaired) electrons. The number of nitrogens with one attached hydrogen (secondary N) is 2. The minimum atomic E-state index is -4.62. The summed E-state index contributed by atoms with van der Waals surface area (Å²) in [5.41, 5.74) is -1.80. The average molecular weight is 427 g/mol. The Labute approximate surface area is 166 Å². The van der Waals surface area contributed by atoms with E-state index in [1.54, 1.807) is 6.07 Å². The zero-order valence-corrected chi connectivity index (χ0v) is 16.5. The molecule has 0 spiro atoms. The van der Waals surface area contributed by atoms with E-state index in [1.807, 2.05) is 6.92 Å². The number of hydrogen-bond acceptors (Lipinski definition) is 4. The summed E-state index contributed by atoms with van der Waals surface area (Å²) in [7, 11) is 0. The Hall–Kier alpha value is -2.46. The van der Waals surface area contributed by atoms with Crippen molar-refractivity contribution in [3.63, 3.8) is 0 Å². The van der Waals surface area contributed by atoms with Crippen LogP contribution < -0.4 is 10.9 Å². The van der Waals surface area contributed by atoms with E-state index in [2.05, 4.69) is 10.3 Å². The van der Waals surface area contributed by atoms with Gasteiger partial charge in [-0.05, 0) is 43.8 Å². The summed E-state index contributed by atoms with van der Waals surface area (Å²) in [5.74, 6) is -0.774. The van der Waals surface area contributed by atoms with Crippen molar-refractivity contribution in [2.75, 3.05) is 5.32 Å². The highest BCUT2D eigenvalue weighted by molar-refractivity contribution is 7.71. The maximum atomic E-state index is 13.1. The number of nitrogens with zero attached hydrogens (tertiary/aromatic N) is 1. The van der Waals surface area contributed by atoms with Gasteiger partial charge in [0, 0.05) is 4.88 Å². The first kappa shape index (κ1) is 20.3. The molecule has 2 heterocycles. The standard InChI is InChI=1S/C18H16F3N3O2S2/c1-3-10-8-11-15(28-10)23-17(27)24(16(11)26)9(2)14(25)22-13-7-5-4-6-12(13)18(19,20)21/h4-9H,3H2,1-2H3,(H,22,25)(H,23,27). The first-order valence-corrected chi connectivity index (χ1v) is 9.60. The maximum absolute atomic E-state index is 13.1. The van der Waals surface area contributed by atoms with Crippen LogP contribution >= 0.6 is 23.6 Å². The molecule has 0 fully saturated rings. The van der Waals surface area contributed by atoms with E-state index in [1.165, 1.54) is 30.4 Å². The molecular weight excluding hydrogens is 411 g/mol. The van der Waals surface area contributed by atoms with Crippen molar-refractivity contribution in [1.82, 2.24) is 9.55 Å². The van der Waals surface area contributed by atoms with Crippen LogP contribution in [0.15, 0.2) is 35.1 Å². The fourth-order valence-corrected chi connectivity index (χ4v) is 4.19. The zero-order valence-electron chi connectivity index (χ0n) is 14.9. The van der Waals surface area contributed by atoms with E-state index < -0.39 is 29.2 Å². The Morgan fingerprint density at radius 1 is 1.36 bits per heavy atom. The number of aryl methyl sites for hydroxylation is 1. The van der Waals surface area contributed by atoms with Gasteiger partial charge in [0.2, 0.25) is 5.91 Å². The number of carbonyl (C=O) groups excluding carboxylic acids is 1. The number of anilines is 1. The van der Waals surface area contributed by atoms with E-state index in [0.717, 1.165) is 28.0 Å². The molecule has 10 heteroatoms. The molecule has 0 saturated heterocycles. The topological polar surface area (TPSA) is 66.9 Å². The van der Waals surface area contributed by atoms with E-state index in [0.29, 0.717) is 10.2 Å². The molecular formula is C18H16F3N3O2S2. The quantitative estimate of drug-likeness (QED) is 0.582. The third kappa shape index (κ3) is 3.74. The Balaban J connectivity index is 1.99. The molecule has 3 rings (SSSR count). The minimum absolute atomic E-state index is 0.0359. The van der Waals surface area contributed by atoms with Crippen molar-refractivity contribution in [1.29, 1.82) is 0 Å². The highest BCUT2D eigenvalue weighted by atomic mass is 32.1. The van der Waals surface area contributed by atoms with Crippen LogP contribution in [0.1, 0.15) is 30.3 Å². The lowest BCUT2D eigenvalue weighted by atomic mass is 10.1. The normalized spacial score (nSPS) is 12.9. The summed E-state index contributed by atoms with van der Waals surface area (Å²) in [5, 5.41) is 2.65. The summed E-state index contributed by atoms with van der Waals surface area (Å²) < 4.78 is 40.5. The highest BCUT2D eigenvalue weighted by Crippen LogP contribution is 2.34. The zero-order chi connectivity index (χ0) is 20.6. The maximum Gasteiger partial charge on any atom is 0.418 e. The predicted molar refractivity (Wildman–Crippen MR) is 105 cm³/mol. The lowest BCUT2D eigenvalue weighted by molar-refractivity contribution is -0.137. The first-order valence-electron chi connectivity index (χ1n) is 8.37. The van der Waals surface area contributed by atoms with Gasteiger partial charge in [-0.15, -0.1) is 11.3 Å². The van der Waals surface area contributed by atoms with Gasteiger partial charge in [-0.2, -0.15) is 13.2 Å². The van der Waals surface area contributed by atoms with Gasteiger partial charge in [-0.25, -0.2) is 0 Å². The van der Waals surface area contributed by atoms with Crippen molar-refractivity contribution < 1.29 is 18.0 Å². The number of fused-ring (bicyclic) bond motifs is 1. The van der Waals surface area contributed by atoms with Crippen molar-refractivity contribution in [3.05, 3.63) is 55.9 Å². The molecule has 0 aliphatic heterocycles. The van der Waals surface area contributed by atoms with Crippen LogP contribution in [-0.4, -0.2) is 15.5 Å². The van der Waals surface area contributed by atoms with Gasteiger partial charge in [-0.1, -0.05) is 19.1 Å². The number of carbonyl (C=O) groups is 1. The van der Waals surface area contributed by atoms with E-state index in [4.69, 9.17) is 12.2 Å². The fraction of sp³-hybridized carbons (Fsp3) is 0.278.